The number of nitro groups is 1. The van der Waals surface area contributed by atoms with E-state index in [0.29, 0.717) is 16.0 Å². The number of hydrogen-bond donors (Lipinski definition) is 0. The summed E-state index contributed by atoms with van der Waals surface area (Å²) in [4.78, 5) is 14.2. The molecule has 8 nitrogen and oxygen atoms in total. The second-order valence-corrected chi connectivity index (χ2v) is 5.46. The maximum atomic E-state index is 10.6. The fraction of sp³-hybridized carbons (Fsp3) is 0.154. The van der Waals surface area contributed by atoms with Crippen molar-refractivity contribution in [2.75, 3.05) is 0 Å². The summed E-state index contributed by atoms with van der Waals surface area (Å²) in [6.07, 6.45) is 2.82. The molecule has 0 aromatic carbocycles. The summed E-state index contributed by atoms with van der Waals surface area (Å²) in [6, 6.07) is 4.82. The van der Waals surface area contributed by atoms with Crippen molar-refractivity contribution < 1.29 is 9.34 Å². The summed E-state index contributed by atoms with van der Waals surface area (Å²) < 4.78 is 7.10. The fourth-order valence-electron chi connectivity index (χ4n) is 1.89. The molecule has 0 atom stereocenters. The largest absolute Gasteiger partial charge is 0.469 e. The molecule has 9 heteroatoms. The van der Waals surface area contributed by atoms with Gasteiger partial charge < -0.3 is 8.98 Å². The van der Waals surface area contributed by atoms with Crippen LogP contribution in [0.5, 0.6) is 0 Å². The molecule has 0 aliphatic carbocycles. The Kier molecular flexibility index (Phi) is 3.63. The van der Waals surface area contributed by atoms with Crippen molar-refractivity contribution in [3.05, 3.63) is 46.5 Å². The minimum absolute atomic E-state index is 0.0444. The third kappa shape index (κ3) is 2.58. The maximum Gasteiger partial charge on any atom is 0.287 e. The van der Waals surface area contributed by atoms with Gasteiger partial charge in [-0.05, 0) is 30.8 Å². The van der Waals surface area contributed by atoms with Crippen molar-refractivity contribution in [2.24, 2.45) is 7.05 Å². The molecule has 3 rings (SSSR count). The normalized spacial score (nSPS) is 10.8. The standard InChI is InChI=1S/C13H11N5O3S/c1-8-10(5-6-21-8)12-15-16-13(17(12)2)22-11-4-3-9(7-14-11)18(19)20/h3-7H,1-2H3. The Bertz CT molecular complexity index is 825. The van der Waals surface area contributed by atoms with Crippen LogP contribution in [0.1, 0.15) is 5.76 Å². The van der Waals surface area contributed by atoms with Crippen LogP contribution in [0.3, 0.4) is 0 Å². The van der Waals surface area contributed by atoms with Crippen molar-refractivity contribution >= 4 is 17.4 Å². The monoisotopic (exact) mass is 317 g/mol. The van der Waals surface area contributed by atoms with Crippen LogP contribution in [0.4, 0.5) is 5.69 Å². The Hall–Kier alpha value is -2.68. The van der Waals surface area contributed by atoms with E-state index in [1.807, 2.05) is 24.6 Å². The quantitative estimate of drug-likeness (QED) is 0.538. The Labute approximate surface area is 129 Å². The van der Waals surface area contributed by atoms with Gasteiger partial charge >= 0.3 is 0 Å². The third-order valence-corrected chi connectivity index (χ3v) is 4.05. The lowest BCUT2D eigenvalue weighted by Crippen LogP contribution is -1.95. The number of rotatable bonds is 4. The van der Waals surface area contributed by atoms with Crippen molar-refractivity contribution in [2.45, 2.75) is 17.1 Å². The van der Waals surface area contributed by atoms with Gasteiger partial charge in [-0.25, -0.2) is 4.98 Å². The first-order valence-electron chi connectivity index (χ1n) is 6.28. The first-order chi connectivity index (χ1) is 10.6. The molecule has 0 amide bonds. The van der Waals surface area contributed by atoms with Crippen LogP contribution >= 0.6 is 11.8 Å². The molecule has 3 aromatic rings. The lowest BCUT2D eigenvalue weighted by Gasteiger charge is -2.02. The summed E-state index contributed by atoms with van der Waals surface area (Å²) in [5.74, 6) is 1.45. The molecule has 22 heavy (non-hydrogen) atoms. The molecule has 0 aliphatic rings. The minimum Gasteiger partial charge on any atom is -0.469 e. The molecule has 3 aromatic heterocycles. The van der Waals surface area contributed by atoms with E-state index in [0.717, 1.165) is 11.3 Å². The average molecular weight is 317 g/mol. The van der Waals surface area contributed by atoms with E-state index in [-0.39, 0.29) is 5.69 Å². The summed E-state index contributed by atoms with van der Waals surface area (Å²) in [7, 11) is 1.84. The molecule has 112 valence electrons. The van der Waals surface area contributed by atoms with Crippen LogP contribution in [0.2, 0.25) is 0 Å². The lowest BCUT2D eigenvalue weighted by molar-refractivity contribution is -0.385. The molecule has 0 saturated carbocycles. The molecular formula is C13H11N5O3S. The summed E-state index contributed by atoms with van der Waals surface area (Å²) in [5, 5.41) is 20.1. The zero-order valence-corrected chi connectivity index (χ0v) is 12.6. The molecule has 0 fully saturated rings. The molecule has 0 saturated heterocycles. The topological polar surface area (TPSA) is 99.9 Å². The van der Waals surface area contributed by atoms with Gasteiger partial charge in [-0.3, -0.25) is 10.1 Å². The van der Waals surface area contributed by atoms with Gasteiger partial charge in [-0.15, -0.1) is 10.2 Å². The fourth-order valence-corrected chi connectivity index (χ4v) is 2.62. The number of hydrogen-bond acceptors (Lipinski definition) is 7. The van der Waals surface area contributed by atoms with Crippen LogP contribution in [0.25, 0.3) is 11.4 Å². The van der Waals surface area contributed by atoms with Crippen LogP contribution < -0.4 is 0 Å². The van der Waals surface area contributed by atoms with Gasteiger partial charge in [0.05, 0.1) is 16.7 Å². The highest BCUT2D eigenvalue weighted by atomic mass is 32.2. The van der Waals surface area contributed by atoms with E-state index in [1.165, 1.54) is 24.0 Å². The van der Waals surface area contributed by atoms with Crippen LogP contribution in [0.15, 0.2) is 45.3 Å². The molecule has 0 unspecified atom stereocenters. The number of aryl methyl sites for hydroxylation is 1. The van der Waals surface area contributed by atoms with Crippen molar-refractivity contribution in [3.8, 4) is 11.4 Å². The Morgan fingerprint density at radius 1 is 1.32 bits per heavy atom. The lowest BCUT2D eigenvalue weighted by atomic mass is 10.2. The number of furan rings is 1. The highest BCUT2D eigenvalue weighted by molar-refractivity contribution is 7.99. The van der Waals surface area contributed by atoms with Gasteiger partial charge in [-0.1, -0.05) is 0 Å². The van der Waals surface area contributed by atoms with E-state index in [4.69, 9.17) is 4.42 Å². The molecule has 0 N–H and O–H groups in total. The van der Waals surface area contributed by atoms with Crippen LogP contribution in [-0.2, 0) is 7.05 Å². The average Bonchev–Trinajstić information content (AvgIpc) is 3.06. The van der Waals surface area contributed by atoms with Gasteiger partial charge in [-0.2, -0.15) is 0 Å². The van der Waals surface area contributed by atoms with Crippen LogP contribution in [-0.4, -0.2) is 24.7 Å². The second-order valence-electron chi connectivity index (χ2n) is 4.47. The summed E-state index contributed by atoms with van der Waals surface area (Å²) in [5.41, 5.74) is 0.829. The van der Waals surface area contributed by atoms with Gasteiger partial charge in [0.1, 0.15) is 17.0 Å². The molecule has 0 aliphatic heterocycles. The predicted molar refractivity (Wildman–Crippen MR) is 78.5 cm³/mol. The van der Waals surface area contributed by atoms with Crippen molar-refractivity contribution in [3.63, 3.8) is 0 Å². The first-order valence-corrected chi connectivity index (χ1v) is 7.10. The van der Waals surface area contributed by atoms with Gasteiger partial charge in [0, 0.05) is 13.1 Å². The highest BCUT2D eigenvalue weighted by Crippen LogP contribution is 2.29. The highest BCUT2D eigenvalue weighted by Gasteiger charge is 2.16. The summed E-state index contributed by atoms with van der Waals surface area (Å²) >= 11 is 1.28. The predicted octanol–water partition coefficient (Wildman–Crippen LogP) is 2.84. The Morgan fingerprint density at radius 3 is 2.73 bits per heavy atom. The number of aromatic nitrogens is 4. The zero-order chi connectivity index (χ0) is 15.7. The van der Waals surface area contributed by atoms with Crippen LogP contribution in [0, 0.1) is 17.0 Å². The third-order valence-electron chi connectivity index (χ3n) is 3.06. The smallest absolute Gasteiger partial charge is 0.287 e. The Morgan fingerprint density at radius 2 is 2.14 bits per heavy atom. The molecular weight excluding hydrogens is 306 g/mol. The number of nitrogens with zero attached hydrogens (tertiary/aromatic N) is 5. The van der Waals surface area contributed by atoms with Gasteiger partial charge in [0.2, 0.25) is 0 Å². The molecule has 0 spiro atoms. The van der Waals surface area contributed by atoms with E-state index >= 15 is 0 Å². The number of pyridine rings is 1. The van der Waals surface area contributed by atoms with E-state index in [1.54, 1.807) is 12.3 Å². The zero-order valence-electron chi connectivity index (χ0n) is 11.8. The van der Waals surface area contributed by atoms with Gasteiger partial charge in [0.25, 0.3) is 5.69 Å². The van der Waals surface area contributed by atoms with Crippen molar-refractivity contribution in [1.29, 1.82) is 0 Å². The van der Waals surface area contributed by atoms with E-state index in [2.05, 4.69) is 15.2 Å². The SMILES string of the molecule is Cc1occc1-c1nnc(Sc2ccc([N+](=O)[O-])cn2)n1C. The Balaban J connectivity index is 1.86. The molecule has 3 heterocycles. The van der Waals surface area contributed by atoms with E-state index in [9.17, 15) is 10.1 Å². The van der Waals surface area contributed by atoms with Gasteiger partial charge in [0.15, 0.2) is 11.0 Å². The maximum absolute atomic E-state index is 10.6. The van der Waals surface area contributed by atoms with E-state index < -0.39 is 4.92 Å². The van der Waals surface area contributed by atoms with Crippen molar-refractivity contribution in [1.82, 2.24) is 19.7 Å². The second kappa shape index (κ2) is 5.60. The summed E-state index contributed by atoms with van der Waals surface area (Å²) in [6.45, 7) is 1.86. The molecule has 0 radical (unpaired) electrons. The minimum atomic E-state index is -0.483. The first kappa shape index (κ1) is 14.3. The molecule has 0 bridgehead atoms.